The normalized spacial score (nSPS) is 14.8. The third-order valence-electron chi connectivity index (χ3n) is 4.99. The number of rotatable bonds is 6. The number of hydrogen-bond acceptors (Lipinski definition) is 4. The Bertz CT molecular complexity index is 750. The molecular weight excluding hydrogens is 332 g/mol. The molecule has 0 aliphatic heterocycles. The summed E-state index contributed by atoms with van der Waals surface area (Å²) in [6.45, 7) is 7.04. The number of nitrogens with one attached hydrogen (secondary N) is 1. The van der Waals surface area contributed by atoms with E-state index in [1.165, 1.54) is 43.0 Å². The molecule has 1 aromatic heterocycles. The van der Waals surface area contributed by atoms with Crippen molar-refractivity contribution in [2.45, 2.75) is 64.1 Å². The zero-order valence-corrected chi connectivity index (χ0v) is 16.0. The van der Waals surface area contributed by atoms with E-state index in [-0.39, 0.29) is 5.91 Å². The van der Waals surface area contributed by atoms with Gasteiger partial charge in [0.05, 0.1) is 5.75 Å². The lowest BCUT2D eigenvalue weighted by Gasteiger charge is -2.12. The molecule has 6 heteroatoms. The summed E-state index contributed by atoms with van der Waals surface area (Å²) < 4.78 is 2.17. The van der Waals surface area contributed by atoms with E-state index in [1.807, 2.05) is 32.0 Å². The van der Waals surface area contributed by atoms with Crippen molar-refractivity contribution in [3.63, 3.8) is 0 Å². The third kappa shape index (κ3) is 4.06. The van der Waals surface area contributed by atoms with Gasteiger partial charge in [-0.3, -0.25) is 4.79 Å². The van der Waals surface area contributed by atoms with E-state index in [0.717, 1.165) is 28.8 Å². The molecule has 5 nitrogen and oxygen atoms in total. The first-order valence-corrected chi connectivity index (χ1v) is 10.0. The van der Waals surface area contributed by atoms with Gasteiger partial charge in [-0.05, 0) is 50.8 Å². The minimum atomic E-state index is -0.00762. The number of thioether (sulfide) groups is 1. The van der Waals surface area contributed by atoms with E-state index in [0.29, 0.717) is 11.7 Å². The molecule has 0 bridgehead atoms. The lowest BCUT2D eigenvalue weighted by atomic mass is 10.1. The Hall–Kier alpha value is -1.82. The van der Waals surface area contributed by atoms with E-state index in [9.17, 15) is 4.79 Å². The predicted molar refractivity (Wildman–Crippen MR) is 102 cm³/mol. The minimum Gasteiger partial charge on any atom is -0.325 e. The van der Waals surface area contributed by atoms with Gasteiger partial charge in [-0.1, -0.05) is 36.7 Å². The summed E-state index contributed by atoms with van der Waals surface area (Å²) in [5, 5.41) is 12.6. The standard InChI is InChI=1S/C19H26N4OS/c1-4-23-18(15-9-5-6-10-15)21-22-19(23)25-12-17(24)20-16-11-7-8-13(2)14(16)3/h7-8,11,15H,4-6,9-10,12H2,1-3H3,(H,20,24). The molecule has 1 aliphatic rings. The SMILES string of the molecule is CCn1c(SCC(=O)Nc2cccc(C)c2C)nnc1C1CCCC1. The van der Waals surface area contributed by atoms with Crippen LogP contribution in [-0.4, -0.2) is 26.4 Å². The summed E-state index contributed by atoms with van der Waals surface area (Å²) >= 11 is 1.47. The van der Waals surface area contributed by atoms with Crippen LogP contribution in [0.4, 0.5) is 5.69 Å². The van der Waals surface area contributed by atoms with Crippen molar-refractivity contribution in [1.29, 1.82) is 0 Å². The maximum atomic E-state index is 12.3. The highest BCUT2D eigenvalue weighted by Crippen LogP contribution is 2.34. The van der Waals surface area contributed by atoms with Gasteiger partial charge in [-0.15, -0.1) is 10.2 Å². The van der Waals surface area contributed by atoms with Crippen LogP contribution in [-0.2, 0) is 11.3 Å². The molecule has 0 saturated heterocycles. The summed E-state index contributed by atoms with van der Waals surface area (Å²) in [5.41, 5.74) is 3.17. The topological polar surface area (TPSA) is 59.8 Å². The molecule has 1 N–H and O–H groups in total. The molecule has 1 saturated carbocycles. The molecule has 134 valence electrons. The lowest BCUT2D eigenvalue weighted by molar-refractivity contribution is -0.113. The second kappa shape index (κ2) is 8.04. The maximum absolute atomic E-state index is 12.3. The van der Waals surface area contributed by atoms with Crippen LogP contribution in [0.1, 0.15) is 55.5 Å². The van der Waals surface area contributed by atoms with Gasteiger partial charge in [-0.2, -0.15) is 0 Å². The van der Waals surface area contributed by atoms with Crippen molar-refractivity contribution in [2.75, 3.05) is 11.1 Å². The zero-order chi connectivity index (χ0) is 17.8. The van der Waals surface area contributed by atoms with Crippen LogP contribution in [0.5, 0.6) is 0 Å². The first kappa shape index (κ1) is 18.0. The number of carbonyl (C=O) groups is 1. The van der Waals surface area contributed by atoms with Crippen LogP contribution in [0.3, 0.4) is 0 Å². The molecule has 1 heterocycles. The van der Waals surface area contributed by atoms with Crippen molar-refractivity contribution < 1.29 is 4.79 Å². The van der Waals surface area contributed by atoms with Gasteiger partial charge >= 0.3 is 0 Å². The summed E-state index contributed by atoms with van der Waals surface area (Å²) in [5.74, 6) is 1.96. The number of nitrogens with zero attached hydrogens (tertiary/aromatic N) is 3. The quantitative estimate of drug-likeness (QED) is 0.782. The number of carbonyl (C=O) groups excluding carboxylic acids is 1. The number of hydrogen-bond donors (Lipinski definition) is 1. The van der Waals surface area contributed by atoms with Crippen LogP contribution in [0.2, 0.25) is 0 Å². The highest BCUT2D eigenvalue weighted by molar-refractivity contribution is 7.99. The zero-order valence-electron chi connectivity index (χ0n) is 15.2. The molecule has 1 aromatic carbocycles. The average Bonchev–Trinajstić information content (AvgIpc) is 3.25. The Morgan fingerprint density at radius 1 is 1.28 bits per heavy atom. The van der Waals surface area contributed by atoms with Crippen LogP contribution in [0.15, 0.2) is 23.4 Å². The van der Waals surface area contributed by atoms with Crippen molar-refractivity contribution in [3.8, 4) is 0 Å². The van der Waals surface area contributed by atoms with Crippen LogP contribution < -0.4 is 5.32 Å². The summed E-state index contributed by atoms with van der Waals surface area (Å²) in [6.07, 6.45) is 4.97. The number of aryl methyl sites for hydroxylation is 1. The first-order chi connectivity index (χ1) is 12.1. The highest BCUT2D eigenvalue weighted by Gasteiger charge is 2.24. The lowest BCUT2D eigenvalue weighted by Crippen LogP contribution is -2.16. The van der Waals surface area contributed by atoms with Crippen LogP contribution in [0.25, 0.3) is 0 Å². The molecule has 2 aromatic rings. The Morgan fingerprint density at radius 3 is 2.76 bits per heavy atom. The van der Waals surface area contributed by atoms with Gasteiger partial charge in [0, 0.05) is 18.2 Å². The molecule has 3 rings (SSSR count). The third-order valence-corrected chi connectivity index (χ3v) is 5.96. The number of aromatic nitrogens is 3. The van der Waals surface area contributed by atoms with Crippen molar-refractivity contribution in [2.24, 2.45) is 0 Å². The maximum Gasteiger partial charge on any atom is 0.234 e. The second-order valence-electron chi connectivity index (χ2n) is 6.65. The monoisotopic (exact) mass is 358 g/mol. The number of anilines is 1. The summed E-state index contributed by atoms with van der Waals surface area (Å²) in [6, 6.07) is 5.96. The average molecular weight is 359 g/mol. The van der Waals surface area contributed by atoms with E-state index >= 15 is 0 Å². The smallest absolute Gasteiger partial charge is 0.234 e. The van der Waals surface area contributed by atoms with Gasteiger partial charge in [0.1, 0.15) is 5.82 Å². The Morgan fingerprint density at radius 2 is 2.04 bits per heavy atom. The Labute approximate surface area is 153 Å². The fourth-order valence-electron chi connectivity index (χ4n) is 3.39. The molecule has 0 radical (unpaired) electrons. The largest absolute Gasteiger partial charge is 0.325 e. The molecule has 0 atom stereocenters. The Kier molecular flexibility index (Phi) is 5.78. The van der Waals surface area contributed by atoms with Gasteiger partial charge < -0.3 is 9.88 Å². The molecule has 0 unspecified atom stereocenters. The summed E-state index contributed by atoms with van der Waals surface area (Å²) in [4.78, 5) is 12.3. The predicted octanol–water partition coefficient (Wildman–Crippen LogP) is 4.30. The molecule has 25 heavy (non-hydrogen) atoms. The van der Waals surface area contributed by atoms with E-state index in [4.69, 9.17) is 0 Å². The van der Waals surface area contributed by atoms with Gasteiger partial charge in [0.2, 0.25) is 5.91 Å². The van der Waals surface area contributed by atoms with Crippen molar-refractivity contribution in [3.05, 3.63) is 35.2 Å². The van der Waals surface area contributed by atoms with Gasteiger partial charge in [-0.25, -0.2) is 0 Å². The van der Waals surface area contributed by atoms with E-state index in [1.54, 1.807) is 0 Å². The molecule has 0 spiro atoms. The van der Waals surface area contributed by atoms with E-state index < -0.39 is 0 Å². The Balaban J connectivity index is 1.63. The molecular formula is C19H26N4OS. The fraction of sp³-hybridized carbons (Fsp3) is 0.526. The van der Waals surface area contributed by atoms with Crippen LogP contribution in [0, 0.1) is 13.8 Å². The first-order valence-electron chi connectivity index (χ1n) is 9.02. The molecule has 1 fully saturated rings. The van der Waals surface area contributed by atoms with Crippen molar-refractivity contribution in [1.82, 2.24) is 14.8 Å². The molecule has 1 aliphatic carbocycles. The number of benzene rings is 1. The number of amides is 1. The van der Waals surface area contributed by atoms with Crippen LogP contribution >= 0.6 is 11.8 Å². The molecule has 1 amide bonds. The highest BCUT2D eigenvalue weighted by atomic mass is 32.2. The summed E-state index contributed by atoms with van der Waals surface area (Å²) in [7, 11) is 0. The van der Waals surface area contributed by atoms with Gasteiger partial charge in [0.15, 0.2) is 5.16 Å². The second-order valence-corrected chi connectivity index (χ2v) is 7.59. The fourth-order valence-corrected chi connectivity index (χ4v) is 4.20. The van der Waals surface area contributed by atoms with Gasteiger partial charge in [0.25, 0.3) is 0 Å². The minimum absolute atomic E-state index is 0.00762. The van der Waals surface area contributed by atoms with E-state index in [2.05, 4.69) is 27.0 Å². The van der Waals surface area contributed by atoms with Crippen molar-refractivity contribution >= 4 is 23.4 Å².